The van der Waals surface area contributed by atoms with Crippen LogP contribution in [0.1, 0.15) is 56.7 Å². The van der Waals surface area contributed by atoms with Crippen molar-refractivity contribution in [1.82, 2.24) is 4.98 Å². The number of halogens is 1. The molecule has 1 saturated heterocycles. The van der Waals surface area contributed by atoms with Gasteiger partial charge in [0.25, 0.3) is 0 Å². The van der Waals surface area contributed by atoms with Crippen LogP contribution in [-0.2, 0) is 10.6 Å². The summed E-state index contributed by atoms with van der Waals surface area (Å²) in [5, 5.41) is 0. The maximum absolute atomic E-state index is 6.08. The van der Waals surface area contributed by atoms with Gasteiger partial charge in [0.05, 0.1) is 18.8 Å². The molecule has 0 bridgehead atoms. The molecular weight excluding hydrogens is 284 g/mol. The smallest absolute Gasteiger partial charge is 0.129 e. The molecule has 3 rings (SSSR count). The molecule has 2 fully saturated rings. The van der Waals surface area contributed by atoms with Crippen LogP contribution in [0.3, 0.4) is 0 Å². The van der Waals surface area contributed by atoms with E-state index in [1.165, 1.54) is 31.2 Å². The Kier molecular flexibility index (Phi) is 4.70. The first-order valence-electron chi connectivity index (χ1n) is 8.14. The molecule has 1 aromatic rings. The number of nitrogens with zero attached hydrogens (tertiary/aromatic N) is 2. The van der Waals surface area contributed by atoms with E-state index < -0.39 is 0 Å². The number of aromatic nitrogens is 1. The third-order valence-corrected chi connectivity index (χ3v) is 4.97. The monoisotopic (exact) mass is 308 g/mol. The normalized spacial score (nSPS) is 26.0. The molecule has 0 radical (unpaired) electrons. The van der Waals surface area contributed by atoms with Gasteiger partial charge in [-0.2, -0.15) is 0 Å². The number of hydrogen-bond donors (Lipinski definition) is 0. The van der Waals surface area contributed by atoms with Gasteiger partial charge in [0.1, 0.15) is 5.82 Å². The summed E-state index contributed by atoms with van der Waals surface area (Å²) in [5.41, 5.74) is 2.31. The third kappa shape index (κ3) is 3.19. The fraction of sp³-hybridized carbons (Fsp3) is 0.706. The van der Waals surface area contributed by atoms with E-state index in [0.29, 0.717) is 23.9 Å². The number of rotatable bonds is 3. The zero-order chi connectivity index (χ0) is 14.8. The lowest BCUT2D eigenvalue weighted by Gasteiger charge is -2.44. The third-order valence-electron chi connectivity index (χ3n) is 4.66. The van der Waals surface area contributed by atoms with Gasteiger partial charge in [-0.25, -0.2) is 4.98 Å². The lowest BCUT2D eigenvalue weighted by atomic mass is 9.90. The molecule has 1 saturated carbocycles. The summed E-state index contributed by atoms with van der Waals surface area (Å²) >= 11 is 6.08. The molecule has 0 amide bonds. The van der Waals surface area contributed by atoms with Crippen molar-refractivity contribution >= 4 is 17.4 Å². The largest absolute Gasteiger partial charge is 0.374 e. The summed E-state index contributed by atoms with van der Waals surface area (Å²) in [7, 11) is 0. The van der Waals surface area contributed by atoms with Gasteiger partial charge in [0.15, 0.2) is 0 Å². The second-order valence-electron chi connectivity index (χ2n) is 6.50. The predicted molar refractivity (Wildman–Crippen MR) is 87.2 cm³/mol. The Balaban J connectivity index is 1.92. The van der Waals surface area contributed by atoms with Crippen molar-refractivity contribution in [3.05, 3.63) is 23.4 Å². The van der Waals surface area contributed by atoms with E-state index in [9.17, 15) is 0 Å². The summed E-state index contributed by atoms with van der Waals surface area (Å²) in [6.07, 6.45) is 5.38. The predicted octanol–water partition coefficient (Wildman–Crippen LogP) is 4.09. The zero-order valence-electron chi connectivity index (χ0n) is 13.0. The van der Waals surface area contributed by atoms with Gasteiger partial charge in [-0.15, -0.1) is 11.6 Å². The van der Waals surface area contributed by atoms with Crippen molar-refractivity contribution in [3.8, 4) is 0 Å². The Morgan fingerprint density at radius 2 is 2.14 bits per heavy atom. The fourth-order valence-corrected chi connectivity index (χ4v) is 3.65. The van der Waals surface area contributed by atoms with Gasteiger partial charge >= 0.3 is 0 Å². The summed E-state index contributed by atoms with van der Waals surface area (Å²) in [6.45, 7) is 6.13. The molecule has 116 valence electrons. The van der Waals surface area contributed by atoms with Crippen LogP contribution < -0.4 is 4.90 Å². The van der Waals surface area contributed by atoms with E-state index in [0.717, 1.165) is 24.7 Å². The Labute approximate surface area is 132 Å². The number of alkyl halides is 1. The van der Waals surface area contributed by atoms with E-state index in [2.05, 4.69) is 30.9 Å². The molecule has 21 heavy (non-hydrogen) atoms. The minimum absolute atomic E-state index is 0.386. The van der Waals surface area contributed by atoms with Crippen molar-refractivity contribution in [2.24, 2.45) is 0 Å². The number of fused-ring (bicyclic) bond motifs is 1. The van der Waals surface area contributed by atoms with Crippen LogP contribution in [0.4, 0.5) is 5.82 Å². The van der Waals surface area contributed by atoms with Crippen LogP contribution in [0, 0.1) is 0 Å². The van der Waals surface area contributed by atoms with Crippen LogP contribution in [0.5, 0.6) is 0 Å². The highest BCUT2D eigenvalue weighted by atomic mass is 35.5. The maximum Gasteiger partial charge on any atom is 0.129 e. The average Bonchev–Trinajstić information content (AvgIpc) is 2.53. The molecule has 1 aliphatic carbocycles. The van der Waals surface area contributed by atoms with Crippen molar-refractivity contribution < 1.29 is 4.74 Å². The van der Waals surface area contributed by atoms with Crippen molar-refractivity contribution in [3.63, 3.8) is 0 Å². The van der Waals surface area contributed by atoms with Crippen LogP contribution >= 0.6 is 11.6 Å². The second kappa shape index (κ2) is 6.53. The molecule has 1 aromatic heterocycles. The highest BCUT2D eigenvalue weighted by Crippen LogP contribution is 2.32. The Bertz CT molecular complexity index is 490. The molecule has 3 nitrogen and oxygen atoms in total. The van der Waals surface area contributed by atoms with Crippen LogP contribution in [0.15, 0.2) is 12.1 Å². The molecule has 4 heteroatoms. The minimum atomic E-state index is 0.386. The molecule has 2 unspecified atom stereocenters. The molecule has 0 aromatic carbocycles. The van der Waals surface area contributed by atoms with Gasteiger partial charge in [0.2, 0.25) is 0 Å². The van der Waals surface area contributed by atoms with Crippen LogP contribution in [-0.4, -0.2) is 30.3 Å². The molecular formula is C17H25ClN2O. The number of pyridine rings is 1. The first-order chi connectivity index (χ1) is 10.2. The first kappa shape index (κ1) is 15.1. The van der Waals surface area contributed by atoms with E-state index in [-0.39, 0.29) is 0 Å². The molecule has 2 atom stereocenters. The molecule has 2 heterocycles. The van der Waals surface area contributed by atoms with Gasteiger partial charge in [-0.1, -0.05) is 26.7 Å². The molecule has 1 aliphatic heterocycles. The summed E-state index contributed by atoms with van der Waals surface area (Å²) < 4.78 is 5.97. The Morgan fingerprint density at radius 1 is 1.33 bits per heavy atom. The lowest BCUT2D eigenvalue weighted by Crippen LogP contribution is -2.53. The number of anilines is 1. The van der Waals surface area contributed by atoms with Gasteiger partial charge in [-0.05, 0) is 36.5 Å². The summed E-state index contributed by atoms with van der Waals surface area (Å²) in [4.78, 5) is 7.37. The van der Waals surface area contributed by atoms with E-state index >= 15 is 0 Å². The standard InChI is InChI=1S/C17H25ClN2O/c1-12(2)14-9-13(11-18)10-17(19-14)20-7-8-21-16-6-4-3-5-15(16)20/h9-10,12,15-16H,3-8,11H2,1-2H3. The average molecular weight is 309 g/mol. The Morgan fingerprint density at radius 3 is 2.90 bits per heavy atom. The summed E-state index contributed by atoms with van der Waals surface area (Å²) in [5.74, 6) is 2.07. The van der Waals surface area contributed by atoms with Gasteiger partial charge in [0, 0.05) is 18.1 Å². The van der Waals surface area contributed by atoms with Gasteiger partial charge in [-0.3, -0.25) is 0 Å². The van der Waals surface area contributed by atoms with E-state index in [1.807, 2.05) is 0 Å². The topological polar surface area (TPSA) is 25.4 Å². The summed E-state index contributed by atoms with van der Waals surface area (Å²) in [6, 6.07) is 4.79. The van der Waals surface area contributed by atoms with E-state index in [1.54, 1.807) is 0 Å². The molecule has 0 N–H and O–H groups in total. The zero-order valence-corrected chi connectivity index (χ0v) is 13.8. The molecule has 2 aliphatic rings. The van der Waals surface area contributed by atoms with E-state index in [4.69, 9.17) is 21.3 Å². The fourth-order valence-electron chi connectivity index (χ4n) is 3.50. The van der Waals surface area contributed by atoms with Crippen molar-refractivity contribution in [2.75, 3.05) is 18.1 Å². The quantitative estimate of drug-likeness (QED) is 0.786. The molecule has 0 spiro atoms. The second-order valence-corrected chi connectivity index (χ2v) is 6.77. The van der Waals surface area contributed by atoms with Crippen molar-refractivity contribution in [2.45, 2.75) is 63.5 Å². The van der Waals surface area contributed by atoms with Gasteiger partial charge < -0.3 is 9.64 Å². The highest BCUT2D eigenvalue weighted by Gasteiger charge is 2.35. The number of hydrogen-bond acceptors (Lipinski definition) is 3. The Hall–Kier alpha value is -0.800. The number of morpholine rings is 1. The van der Waals surface area contributed by atoms with Crippen molar-refractivity contribution in [1.29, 1.82) is 0 Å². The highest BCUT2D eigenvalue weighted by molar-refractivity contribution is 6.17. The minimum Gasteiger partial charge on any atom is -0.374 e. The number of ether oxygens (including phenoxy) is 1. The first-order valence-corrected chi connectivity index (χ1v) is 8.67. The maximum atomic E-state index is 6.08. The van der Waals surface area contributed by atoms with Crippen LogP contribution in [0.2, 0.25) is 0 Å². The lowest BCUT2D eigenvalue weighted by molar-refractivity contribution is -0.00900. The van der Waals surface area contributed by atoms with Crippen LogP contribution in [0.25, 0.3) is 0 Å². The SMILES string of the molecule is CC(C)c1cc(CCl)cc(N2CCOC3CCCCC32)n1.